The minimum Gasteiger partial charge on any atom is -0.508 e. The van der Waals surface area contributed by atoms with E-state index in [0.717, 1.165) is 16.8 Å². The number of hydrogen-bond donors (Lipinski definition) is 2. The molecule has 0 amide bonds. The maximum Gasteiger partial charge on any atom is 0.194 e. The molecular formula is C20H15NO3. The number of rotatable bonds is 2. The number of fused-ring (bicyclic) bond motifs is 1. The van der Waals surface area contributed by atoms with Crippen LogP contribution in [0.4, 0.5) is 5.69 Å². The molecule has 24 heavy (non-hydrogen) atoms. The summed E-state index contributed by atoms with van der Waals surface area (Å²) in [6.45, 7) is 0. The Labute approximate surface area is 139 Å². The van der Waals surface area contributed by atoms with Gasteiger partial charge in [0.2, 0.25) is 0 Å². The lowest BCUT2D eigenvalue weighted by atomic mass is 9.86. The van der Waals surface area contributed by atoms with Gasteiger partial charge in [-0.15, -0.1) is 0 Å². The fraction of sp³-hybridized carbons (Fsp3) is 0.0500. The van der Waals surface area contributed by atoms with Gasteiger partial charge in [-0.1, -0.05) is 36.4 Å². The summed E-state index contributed by atoms with van der Waals surface area (Å²) in [5.41, 5.74) is 1.52. The van der Waals surface area contributed by atoms with Crippen molar-refractivity contribution in [2.45, 2.75) is 5.60 Å². The standard InChI is InChI=1S/C20H15NO3/c22-16-9-5-14(6-10-16)20(15-7-11-17(23)12-8-15)13-21-18-3-1-2-4-19(18)24-20/h1-13,22-23H. The summed E-state index contributed by atoms with van der Waals surface area (Å²) < 4.78 is 6.36. The third kappa shape index (κ3) is 2.29. The Kier molecular flexibility index (Phi) is 3.24. The second-order valence-electron chi connectivity index (χ2n) is 5.66. The summed E-state index contributed by atoms with van der Waals surface area (Å²) >= 11 is 0. The van der Waals surface area contributed by atoms with Gasteiger partial charge in [0.15, 0.2) is 5.60 Å². The van der Waals surface area contributed by atoms with Crippen molar-refractivity contribution < 1.29 is 14.9 Å². The van der Waals surface area contributed by atoms with Crippen LogP contribution in [0, 0.1) is 0 Å². The van der Waals surface area contributed by atoms with E-state index in [-0.39, 0.29) is 11.5 Å². The average molecular weight is 317 g/mol. The highest BCUT2D eigenvalue weighted by molar-refractivity contribution is 5.83. The molecule has 0 spiro atoms. The summed E-state index contributed by atoms with van der Waals surface area (Å²) in [6.07, 6.45) is 1.76. The maximum absolute atomic E-state index is 9.60. The minimum atomic E-state index is -0.921. The van der Waals surface area contributed by atoms with Gasteiger partial charge in [0.25, 0.3) is 0 Å². The van der Waals surface area contributed by atoms with E-state index in [1.54, 1.807) is 30.5 Å². The van der Waals surface area contributed by atoms with E-state index < -0.39 is 5.60 Å². The maximum atomic E-state index is 9.60. The molecule has 0 radical (unpaired) electrons. The van der Waals surface area contributed by atoms with Crippen LogP contribution in [0.5, 0.6) is 17.2 Å². The van der Waals surface area contributed by atoms with Crippen molar-refractivity contribution in [3.63, 3.8) is 0 Å². The number of phenolic OH excluding ortho intramolecular Hbond substituents is 2. The Balaban J connectivity index is 1.91. The molecule has 4 rings (SSSR count). The van der Waals surface area contributed by atoms with Gasteiger partial charge in [-0.3, -0.25) is 4.99 Å². The summed E-state index contributed by atoms with van der Waals surface area (Å²) in [5.74, 6) is 1.06. The molecule has 118 valence electrons. The Morgan fingerprint density at radius 3 is 1.83 bits per heavy atom. The van der Waals surface area contributed by atoms with Gasteiger partial charge >= 0.3 is 0 Å². The van der Waals surface area contributed by atoms with Crippen molar-refractivity contribution in [1.82, 2.24) is 0 Å². The van der Waals surface area contributed by atoms with Crippen LogP contribution in [0.1, 0.15) is 11.1 Å². The van der Waals surface area contributed by atoms with E-state index in [1.807, 2.05) is 48.5 Å². The van der Waals surface area contributed by atoms with E-state index in [9.17, 15) is 10.2 Å². The Morgan fingerprint density at radius 1 is 0.708 bits per heavy atom. The quantitative estimate of drug-likeness (QED) is 0.747. The largest absolute Gasteiger partial charge is 0.508 e. The second-order valence-corrected chi connectivity index (χ2v) is 5.66. The third-order valence-electron chi connectivity index (χ3n) is 4.11. The topological polar surface area (TPSA) is 62.0 Å². The van der Waals surface area contributed by atoms with Crippen LogP contribution < -0.4 is 4.74 Å². The fourth-order valence-corrected chi connectivity index (χ4v) is 2.86. The molecule has 3 aromatic rings. The van der Waals surface area contributed by atoms with E-state index in [4.69, 9.17) is 4.74 Å². The number of aromatic hydroxyl groups is 2. The highest BCUT2D eigenvalue weighted by Crippen LogP contribution is 2.42. The molecule has 4 nitrogen and oxygen atoms in total. The van der Waals surface area contributed by atoms with E-state index in [2.05, 4.69) is 4.99 Å². The van der Waals surface area contributed by atoms with Crippen LogP contribution in [-0.4, -0.2) is 16.4 Å². The summed E-state index contributed by atoms with van der Waals surface area (Å²) in [7, 11) is 0. The molecule has 4 heteroatoms. The molecule has 0 saturated carbocycles. The molecule has 0 saturated heterocycles. The van der Waals surface area contributed by atoms with Crippen molar-refractivity contribution >= 4 is 11.9 Å². The van der Waals surface area contributed by atoms with Gasteiger partial charge in [0, 0.05) is 11.1 Å². The van der Waals surface area contributed by atoms with Crippen LogP contribution in [0.25, 0.3) is 0 Å². The van der Waals surface area contributed by atoms with Gasteiger partial charge in [0.05, 0.1) is 6.21 Å². The van der Waals surface area contributed by atoms with E-state index >= 15 is 0 Å². The number of benzene rings is 3. The first-order chi connectivity index (χ1) is 11.7. The minimum absolute atomic E-state index is 0.188. The Morgan fingerprint density at radius 2 is 1.25 bits per heavy atom. The zero-order valence-corrected chi connectivity index (χ0v) is 12.8. The van der Waals surface area contributed by atoms with Gasteiger partial charge in [-0.2, -0.15) is 0 Å². The van der Waals surface area contributed by atoms with Crippen molar-refractivity contribution in [2.75, 3.05) is 0 Å². The van der Waals surface area contributed by atoms with Crippen LogP contribution in [-0.2, 0) is 5.60 Å². The predicted octanol–water partition coefficient (Wildman–Crippen LogP) is 4.14. The first-order valence-electron chi connectivity index (χ1n) is 7.60. The SMILES string of the molecule is Oc1ccc(C2(c3ccc(O)cc3)C=Nc3ccccc3O2)cc1. The molecule has 0 bridgehead atoms. The first-order valence-corrected chi connectivity index (χ1v) is 7.60. The van der Waals surface area contributed by atoms with Crippen molar-refractivity contribution in [3.8, 4) is 17.2 Å². The molecule has 3 aromatic carbocycles. The number of para-hydroxylation sites is 2. The van der Waals surface area contributed by atoms with Gasteiger partial charge < -0.3 is 14.9 Å². The molecule has 0 aliphatic carbocycles. The third-order valence-corrected chi connectivity index (χ3v) is 4.11. The number of nitrogens with zero attached hydrogens (tertiary/aromatic N) is 1. The molecule has 1 heterocycles. The highest BCUT2D eigenvalue weighted by atomic mass is 16.5. The van der Waals surface area contributed by atoms with Gasteiger partial charge in [-0.25, -0.2) is 0 Å². The molecular weight excluding hydrogens is 302 g/mol. The van der Waals surface area contributed by atoms with Gasteiger partial charge in [-0.05, 0) is 36.4 Å². The Hall–Kier alpha value is -3.27. The number of aliphatic imine (C=N–C) groups is 1. The van der Waals surface area contributed by atoms with Crippen molar-refractivity contribution in [2.24, 2.45) is 4.99 Å². The van der Waals surface area contributed by atoms with Crippen molar-refractivity contribution in [1.29, 1.82) is 0 Å². The molecule has 2 N–H and O–H groups in total. The zero-order chi connectivity index (χ0) is 16.6. The first kappa shape index (κ1) is 14.3. The highest BCUT2D eigenvalue weighted by Gasteiger charge is 2.38. The zero-order valence-electron chi connectivity index (χ0n) is 12.8. The lowest BCUT2D eigenvalue weighted by Crippen LogP contribution is -2.37. The summed E-state index contributed by atoms with van der Waals surface area (Å²) in [5, 5.41) is 19.2. The lowest BCUT2D eigenvalue weighted by Gasteiger charge is -2.35. The average Bonchev–Trinajstić information content (AvgIpc) is 2.62. The summed E-state index contributed by atoms with van der Waals surface area (Å²) in [6, 6.07) is 21.3. The number of ether oxygens (including phenoxy) is 1. The van der Waals surface area contributed by atoms with Gasteiger partial charge in [0.1, 0.15) is 22.9 Å². The van der Waals surface area contributed by atoms with E-state index in [0.29, 0.717) is 5.75 Å². The second kappa shape index (κ2) is 5.42. The molecule has 1 aliphatic rings. The molecule has 0 aromatic heterocycles. The molecule has 0 fully saturated rings. The molecule has 1 aliphatic heterocycles. The van der Waals surface area contributed by atoms with Crippen LogP contribution >= 0.6 is 0 Å². The lowest BCUT2D eigenvalue weighted by molar-refractivity contribution is 0.187. The van der Waals surface area contributed by atoms with E-state index in [1.165, 1.54) is 0 Å². The van der Waals surface area contributed by atoms with Crippen LogP contribution in [0.2, 0.25) is 0 Å². The van der Waals surface area contributed by atoms with Crippen LogP contribution in [0.3, 0.4) is 0 Å². The number of phenols is 2. The Bertz CT molecular complexity index is 853. The predicted molar refractivity (Wildman–Crippen MR) is 92.2 cm³/mol. The smallest absolute Gasteiger partial charge is 0.194 e. The monoisotopic (exact) mass is 317 g/mol. The summed E-state index contributed by atoms with van der Waals surface area (Å²) in [4.78, 5) is 4.57. The fourth-order valence-electron chi connectivity index (χ4n) is 2.86. The number of hydrogen-bond acceptors (Lipinski definition) is 4. The normalized spacial score (nSPS) is 14.7. The van der Waals surface area contributed by atoms with Crippen LogP contribution in [0.15, 0.2) is 77.8 Å². The molecule has 0 unspecified atom stereocenters. The molecule has 0 atom stereocenters. The van der Waals surface area contributed by atoms with Crippen molar-refractivity contribution in [3.05, 3.63) is 83.9 Å².